The van der Waals surface area contributed by atoms with Crippen molar-refractivity contribution in [3.05, 3.63) is 29.4 Å². The van der Waals surface area contributed by atoms with Crippen LogP contribution >= 0.6 is 11.3 Å². The Kier molecular flexibility index (Phi) is 4.00. The summed E-state index contributed by atoms with van der Waals surface area (Å²) in [5, 5.41) is 14.2. The number of anilines is 2. The molecule has 4 rings (SSSR count). The molecule has 3 heterocycles. The van der Waals surface area contributed by atoms with Crippen molar-refractivity contribution in [1.29, 1.82) is 0 Å². The second-order valence-electron chi connectivity index (χ2n) is 6.51. The molecule has 1 aliphatic rings. The summed E-state index contributed by atoms with van der Waals surface area (Å²) in [6.07, 6.45) is 1.04. The van der Waals surface area contributed by atoms with Crippen molar-refractivity contribution >= 4 is 33.1 Å². The molecule has 0 aromatic carbocycles. The highest BCUT2D eigenvalue weighted by molar-refractivity contribution is 7.18. The molecule has 0 spiro atoms. The fraction of sp³-hybridized carbons (Fsp3) is 0.353. The molecule has 0 saturated heterocycles. The van der Waals surface area contributed by atoms with E-state index in [0.717, 1.165) is 5.39 Å². The lowest BCUT2D eigenvalue weighted by Gasteiger charge is -2.42. The zero-order valence-corrected chi connectivity index (χ0v) is 14.7. The van der Waals surface area contributed by atoms with E-state index in [1.807, 2.05) is 0 Å². The van der Waals surface area contributed by atoms with E-state index < -0.39 is 17.9 Å². The van der Waals surface area contributed by atoms with Crippen molar-refractivity contribution in [2.75, 3.05) is 18.1 Å². The Bertz CT molecular complexity index is 971. The van der Waals surface area contributed by atoms with E-state index in [-0.39, 0.29) is 12.8 Å². The molecule has 0 atom stereocenters. The van der Waals surface area contributed by atoms with E-state index in [1.54, 1.807) is 31.6 Å². The number of pyridine rings is 1. The number of thiophene rings is 1. The van der Waals surface area contributed by atoms with Gasteiger partial charge in [-0.25, -0.2) is 23.7 Å². The molecule has 0 bridgehead atoms. The van der Waals surface area contributed by atoms with Gasteiger partial charge in [-0.2, -0.15) is 0 Å². The van der Waals surface area contributed by atoms with Gasteiger partial charge in [-0.3, -0.25) is 0 Å². The molecule has 0 aliphatic heterocycles. The van der Waals surface area contributed by atoms with E-state index in [2.05, 4.69) is 20.3 Å². The van der Waals surface area contributed by atoms with E-state index >= 15 is 0 Å². The SMILES string of the molecule is CNc1ncc(-c2ncc3cc(C4(O)CC(C(F)F)C4)sc3n2)cc1N. The molecule has 136 valence electrons. The van der Waals surface area contributed by atoms with Gasteiger partial charge in [0, 0.05) is 41.2 Å². The molecule has 1 fully saturated rings. The summed E-state index contributed by atoms with van der Waals surface area (Å²) in [5.74, 6) is 0.305. The van der Waals surface area contributed by atoms with Gasteiger partial charge in [0.2, 0.25) is 6.43 Å². The van der Waals surface area contributed by atoms with Crippen LogP contribution in [0.4, 0.5) is 20.3 Å². The average Bonchev–Trinajstić information content (AvgIpc) is 3.02. The molecule has 1 saturated carbocycles. The summed E-state index contributed by atoms with van der Waals surface area (Å²) in [5.41, 5.74) is 5.91. The summed E-state index contributed by atoms with van der Waals surface area (Å²) in [6.45, 7) is 0. The van der Waals surface area contributed by atoms with Gasteiger partial charge in [-0.05, 0) is 25.0 Å². The minimum atomic E-state index is -2.39. The Morgan fingerprint density at radius 3 is 2.73 bits per heavy atom. The normalized spacial score (nSPS) is 22.6. The summed E-state index contributed by atoms with van der Waals surface area (Å²) >= 11 is 1.30. The summed E-state index contributed by atoms with van der Waals surface area (Å²) < 4.78 is 25.4. The first-order valence-corrected chi connectivity index (χ1v) is 8.92. The molecule has 1 aliphatic carbocycles. The fourth-order valence-electron chi connectivity index (χ4n) is 3.20. The lowest BCUT2D eigenvalue weighted by molar-refractivity contribution is -0.124. The molecular formula is C17H17F2N5OS. The number of aliphatic hydroxyl groups is 1. The van der Waals surface area contributed by atoms with Gasteiger partial charge in [0.15, 0.2) is 5.82 Å². The van der Waals surface area contributed by atoms with Crippen LogP contribution in [0.3, 0.4) is 0 Å². The van der Waals surface area contributed by atoms with Gasteiger partial charge in [-0.1, -0.05) is 0 Å². The number of hydrogen-bond donors (Lipinski definition) is 3. The first-order chi connectivity index (χ1) is 12.4. The number of halogens is 2. The molecule has 0 amide bonds. The standard InChI is InChI=1S/C17H17F2N5OS/c1-21-15-11(20)2-8(6-23-15)14-22-7-9-3-12(26-16(9)24-14)17(25)4-10(5-17)13(18)19/h2-3,6-7,10,13,25H,4-5,20H2,1H3,(H,21,23). The maximum absolute atomic E-state index is 12.7. The van der Waals surface area contributed by atoms with Crippen LogP contribution in [-0.2, 0) is 5.60 Å². The van der Waals surface area contributed by atoms with Crippen LogP contribution in [0.25, 0.3) is 21.6 Å². The topological polar surface area (TPSA) is 97.0 Å². The molecule has 4 N–H and O–H groups in total. The van der Waals surface area contributed by atoms with Gasteiger partial charge in [0.1, 0.15) is 10.6 Å². The van der Waals surface area contributed by atoms with Gasteiger partial charge < -0.3 is 16.2 Å². The van der Waals surface area contributed by atoms with Crippen LogP contribution in [-0.4, -0.2) is 33.5 Å². The van der Waals surface area contributed by atoms with Crippen LogP contribution in [0.2, 0.25) is 0 Å². The number of nitrogens with two attached hydrogens (primary N) is 1. The Morgan fingerprint density at radius 1 is 1.31 bits per heavy atom. The number of nitrogen functional groups attached to an aromatic ring is 1. The van der Waals surface area contributed by atoms with Crippen LogP contribution in [0.15, 0.2) is 24.5 Å². The van der Waals surface area contributed by atoms with E-state index in [9.17, 15) is 13.9 Å². The number of hydrogen-bond acceptors (Lipinski definition) is 7. The highest BCUT2D eigenvalue weighted by Gasteiger charge is 2.48. The van der Waals surface area contributed by atoms with Crippen molar-refractivity contribution < 1.29 is 13.9 Å². The molecule has 9 heteroatoms. The number of nitrogens with zero attached hydrogens (tertiary/aromatic N) is 3. The number of rotatable bonds is 4. The number of nitrogens with one attached hydrogen (secondary N) is 1. The van der Waals surface area contributed by atoms with Crippen molar-refractivity contribution in [3.63, 3.8) is 0 Å². The third-order valence-electron chi connectivity index (χ3n) is 4.70. The smallest absolute Gasteiger partial charge is 0.241 e. The Labute approximate surface area is 152 Å². The van der Waals surface area contributed by atoms with Gasteiger partial charge in [-0.15, -0.1) is 11.3 Å². The molecule has 26 heavy (non-hydrogen) atoms. The molecule has 3 aromatic rings. The third kappa shape index (κ3) is 2.77. The van der Waals surface area contributed by atoms with Crippen molar-refractivity contribution in [3.8, 4) is 11.4 Å². The van der Waals surface area contributed by atoms with Gasteiger partial charge in [0.05, 0.1) is 11.3 Å². The molecule has 0 unspecified atom stereocenters. The number of fused-ring (bicyclic) bond motifs is 1. The summed E-state index contributed by atoms with van der Waals surface area (Å²) in [7, 11) is 1.73. The van der Waals surface area contributed by atoms with Crippen molar-refractivity contribution in [1.82, 2.24) is 15.0 Å². The fourth-order valence-corrected chi connectivity index (χ4v) is 4.31. The second kappa shape index (κ2) is 6.10. The van der Waals surface area contributed by atoms with Crippen LogP contribution in [0.1, 0.15) is 17.7 Å². The van der Waals surface area contributed by atoms with E-state index in [4.69, 9.17) is 5.73 Å². The maximum atomic E-state index is 12.7. The molecule has 6 nitrogen and oxygen atoms in total. The monoisotopic (exact) mass is 377 g/mol. The van der Waals surface area contributed by atoms with E-state index in [0.29, 0.717) is 32.6 Å². The summed E-state index contributed by atoms with van der Waals surface area (Å²) in [6, 6.07) is 3.52. The number of aromatic nitrogens is 3. The largest absolute Gasteiger partial charge is 0.396 e. The van der Waals surface area contributed by atoms with Crippen LogP contribution < -0.4 is 11.1 Å². The predicted molar refractivity (Wildman–Crippen MR) is 97.2 cm³/mol. The van der Waals surface area contributed by atoms with Crippen molar-refractivity contribution in [2.45, 2.75) is 24.9 Å². The van der Waals surface area contributed by atoms with Gasteiger partial charge >= 0.3 is 0 Å². The van der Waals surface area contributed by atoms with Crippen LogP contribution in [0, 0.1) is 5.92 Å². The minimum Gasteiger partial charge on any atom is -0.396 e. The van der Waals surface area contributed by atoms with Gasteiger partial charge in [0.25, 0.3) is 0 Å². The third-order valence-corrected chi connectivity index (χ3v) is 5.94. The number of alkyl halides is 2. The molecular weight excluding hydrogens is 360 g/mol. The predicted octanol–water partition coefficient (Wildman–Crippen LogP) is 3.24. The summed E-state index contributed by atoms with van der Waals surface area (Å²) in [4.78, 5) is 14.4. The molecule has 0 radical (unpaired) electrons. The first kappa shape index (κ1) is 17.0. The zero-order valence-electron chi connectivity index (χ0n) is 13.9. The maximum Gasteiger partial charge on any atom is 0.241 e. The first-order valence-electron chi connectivity index (χ1n) is 8.11. The van der Waals surface area contributed by atoms with E-state index in [1.165, 1.54) is 11.3 Å². The Balaban J connectivity index is 1.65. The lowest BCUT2D eigenvalue weighted by atomic mass is 9.70. The minimum absolute atomic E-state index is 0.0731. The van der Waals surface area contributed by atoms with Crippen LogP contribution in [0.5, 0.6) is 0 Å². The molecule has 3 aromatic heterocycles. The van der Waals surface area contributed by atoms with Crippen molar-refractivity contribution in [2.24, 2.45) is 5.92 Å². The highest BCUT2D eigenvalue weighted by Crippen LogP contribution is 2.50. The quantitative estimate of drug-likeness (QED) is 0.646. The highest BCUT2D eigenvalue weighted by atomic mass is 32.1. The second-order valence-corrected chi connectivity index (χ2v) is 7.54. The average molecular weight is 377 g/mol. The zero-order chi connectivity index (χ0) is 18.5. The Hall–Kier alpha value is -2.39. The lowest BCUT2D eigenvalue weighted by Crippen LogP contribution is -2.43. The Morgan fingerprint density at radius 2 is 2.08 bits per heavy atom.